The Hall–Kier alpha value is -5.61. The largest absolute Gasteiger partial charge is 0.455 e. The van der Waals surface area contributed by atoms with Gasteiger partial charge in [-0.2, -0.15) is 0 Å². The maximum atomic E-state index is 6.59. The van der Waals surface area contributed by atoms with E-state index >= 15 is 0 Å². The Morgan fingerprint density at radius 3 is 1.75 bits per heavy atom. The van der Waals surface area contributed by atoms with Crippen molar-refractivity contribution in [3.05, 3.63) is 139 Å². The van der Waals surface area contributed by atoms with E-state index in [1.165, 1.54) is 33.0 Å². The molecule has 0 saturated heterocycles. The molecule has 0 bridgehead atoms. The van der Waals surface area contributed by atoms with Gasteiger partial charge in [-0.3, -0.25) is 0 Å². The normalized spacial score (nSPS) is 13.4. The third kappa shape index (κ3) is 3.48. The SMILES string of the molecule is CC1(C)c2cccc(-c3nc(-c4ccccc4)nc(-c4ccccc4)n3)c2-c2c1c1c3ccccc3oc1c1ccccc21. The number of hydrogen-bond acceptors (Lipinski definition) is 4. The number of rotatable bonds is 3. The smallest absolute Gasteiger partial charge is 0.164 e. The van der Waals surface area contributed by atoms with Gasteiger partial charge in [-0.05, 0) is 33.7 Å². The molecule has 0 fully saturated rings. The quantitative estimate of drug-likeness (QED) is 0.214. The predicted molar refractivity (Wildman–Crippen MR) is 178 cm³/mol. The summed E-state index contributed by atoms with van der Waals surface area (Å²) >= 11 is 0. The van der Waals surface area contributed by atoms with Crippen LogP contribution in [-0.2, 0) is 5.41 Å². The first-order valence-corrected chi connectivity index (χ1v) is 15.0. The van der Waals surface area contributed by atoms with Crippen molar-refractivity contribution in [1.82, 2.24) is 15.0 Å². The lowest BCUT2D eigenvalue weighted by atomic mass is 9.79. The van der Waals surface area contributed by atoms with Gasteiger partial charge in [0.1, 0.15) is 11.2 Å². The Balaban J connectivity index is 1.41. The summed E-state index contributed by atoms with van der Waals surface area (Å²) < 4.78 is 6.59. The summed E-state index contributed by atoms with van der Waals surface area (Å²) in [6, 6.07) is 43.9. The first-order valence-electron chi connectivity index (χ1n) is 15.0. The van der Waals surface area contributed by atoms with Crippen LogP contribution in [0.1, 0.15) is 25.0 Å². The van der Waals surface area contributed by atoms with Crippen LogP contribution in [0.4, 0.5) is 0 Å². The van der Waals surface area contributed by atoms with Crippen LogP contribution >= 0.6 is 0 Å². The fraction of sp³-hybridized carbons (Fsp3) is 0.0750. The molecule has 0 N–H and O–H groups in total. The molecule has 1 aliphatic rings. The van der Waals surface area contributed by atoms with Crippen molar-refractivity contribution in [2.24, 2.45) is 0 Å². The van der Waals surface area contributed by atoms with Gasteiger partial charge in [-0.1, -0.05) is 135 Å². The molecule has 0 spiro atoms. The second kappa shape index (κ2) is 9.19. The van der Waals surface area contributed by atoms with Crippen LogP contribution in [0, 0.1) is 0 Å². The summed E-state index contributed by atoms with van der Waals surface area (Å²) in [7, 11) is 0. The minimum atomic E-state index is -0.285. The summed E-state index contributed by atoms with van der Waals surface area (Å²) in [5.41, 5.74) is 9.45. The highest BCUT2D eigenvalue weighted by Gasteiger charge is 2.41. The summed E-state index contributed by atoms with van der Waals surface area (Å²) in [5, 5.41) is 4.62. The first-order chi connectivity index (χ1) is 21.6. The van der Waals surface area contributed by atoms with Gasteiger partial charge in [0.05, 0.1) is 0 Å². The molecule has 2 heterocycles. The molecule has 208 valence electrons. The summed E-state index contributed by atoms with van der Waals surface area (Å²) in [5.74, 6) is 1.98. The Kier molecular flexibility index (Phi) is 5.21. The molecule has 0 saturated carbocycles. The molecular formula is C40H27N3O. The van der Waals surface area contributed by atoms with Crippen LogP contribution in [-0.4, -0.2) is 15.0 Å². The summed E-state index contributed by atoms with van der Waals surface area (Å²) in [6.07, 6.45) is 0. The molecule has 0 atom stereocenters. The van der Waals surface area contributed by atoms with Crippen molar-refractivity contribution in [2.45, 2.75) is 19.3 Å². The molecule has 4 nitrogen and oxygen atoms in total. The molecule has 0 amide bonds. The Bertz CT molecular complexity index is 2350. The standard InChI is InChI=1S/C40H27N3O/c1-40(2)30-22-13-21-29(39-42-37(24-14-5-3-6-15-24)41-38(43-39)25-16-7-4-8-17-25)32(30)33-26-18-9-10-19-27(26)36-34(35(33)40)28-20-11-12-23-31(28)44-36/h3-23H,1-2H3. The van der Waals surface area contributed by atoms with E-state index in [1.807, 2.05) is 42.5 Å². The van der Waals surface area contributed by atoms with E-state index in [0.717, 1.165) is 38.6 Å². The summed E-state index contributed by atoms with van der Waals surface area (Å²) in [4.78, 5) is 15.2. The predicted octanol–water partition coefficient (Wildman–Crippen LogP) is 10.2. The van der Waals surface area contributed by atoms with E-state index in [0.29, 0.717) is 17.5 Å². The number of hydrogen-bond donors (Lipinski definition) is 0. The van der Waals surface area contributed by atoms with E-state index in [1.54, 1.807) is 0 Å². The van der Waals surface area contributed by atoms with Crippen molar-refractivity contribution in [3.63, 3.8) is 0 Å². The third-order valence-corrected chi connectivity index (χ3v) is 9.09. The number of para-hydroxylation sites is 1. The molecule has 0 aliphatic heterocycles. The lowest BCUT2D eigenvalue weighted by Gasteiger charge is -2.23. The van der Waals surface area contributed by atoms with Gasteiger partial charge in [0, 0.05) is 38.3 Å². The average Bonchev–Trinajstić information content (AvgIpc) is 3.58. The minimum absolute atomic E-state index is 0.285. The van der Waals surface area contributed by atoms with Crippen molar-refractivity contribution >= 4 is 32.7 Å². The van der Waals surface area contributed by atoms with Crippen molar-refractivity contribution in [1.29, 1.82) is 0 Å². The van der Waals surface area contributed by atoms with E-state index in [2.05, 4.69) is 98.8 Å². The van der Waals surface area contributed by atoms with E-state index in [9.17, 15) is 0 Å². The highest BCUT2D eigenvalue weighted by molar-refractivity contribution is 6.24. The van der Waals surface area contributed by atoms with Crippen molar-refractivity contribution in [3.8, 4) is 45.3 Å². The molecule has 9 rings (SSSR count). The number of fused-ring (bicyclic) bond motifs is 10. The number of furan rings is 1. The fourth-order valence-electron chi connectivity index (χ4n) is 7.12. The van der Waals surface area contributed by atoms with Crippen LogP contribution < -0.4 is 0 Å². The Morgan fingerprint density at radius 1 is 0.500 bits per heavy atom. The van der Waals surface area contributed by atoms with E-state index < -0.39 is 0 Å². The average molecular weight is 566 g/mol. The highest BCUT2D eigenvalue weighted by atomic mass is 16.3. The Morgan fingerprint density at radius 2 is 1.07 bits per heavy atom. The van der Waals surface area contributed by atoms with E-state index in [4.69, 9.17) is 19.4 Å². The van der Waals surface area contributed by atoms with Gasteiger partial charge in [0.25, 0.3) is 0 Å². The zero-order chi connectivity index (χ0) is 29.4. The molecule has 0 unspecified atom stereocenters. The third-order valence-electron chi connectivity index (χ3n) is 9.09. The summed E-state index contributed by atoms with van der Waals surface area (Å²) in [6.45, 7) is 4.66. The van der Waals surface area contributed by atoms with Gasteiger partial charge >= 0.3 is 0 Å². The van der Waals surface area contributed by atoms with Gasteiger partial charge in [0.2, 0.25) is 0 Å². The molecule has 0 radical (unpaired) electrons. The number of benzene rings is 6. The van der Waals surface area contributed by atoms with Crippen LogP contribution in [0.15, 0.2) is 132 Å². The molecule has 2 aromatic heterocycles. The van der Waals surface area contributed by atoms with Crippen LogP contribution in [0.3, 0.4) is 0 Å². The molecular weight excluding hydrogens is 538 g/mol. The molecule has 6 aromatic carbocycles. The maximum Gasteiger partial charge on any atom is 0.164 e. The van der Waals surface area contributed by atoms with Crippen LogP contribution in [0.25, 0.3) is 78.0 Å². The first kappa shape index (κ1) is 24.9. The lowest BCUT2D eigenvalue weighted by molar-refractivity contribution is 0.659. The second-order valence-electron chi connectivity index (χ2n) is 12.0. The minimum Gasteiger partial charge on any atom is -0.455 e. The van der Waals surface area contributed by atoms with Gasteiger partial charge in [0.15, 0.2) is 17.5 Å². The van der Waals surface area contributed by atoms with Crippen LogP contribution in [0.2, 0.25) is 0 Å². The second-order valence-corrected chi connectivity index (χ2v) is 12.0. The van der Waals surface area contributed by atoms with Gasteiger partial charge < -0.3 is 4.42 Å². The van der Waals surface area contributed by atoms with Gasteiger partial charge in [-0.25, -0.2) is 15.0 Å². The number of aromatic nitrogens is 3. The zero-order valence-corrected chi connectivity index (χ0v) is 24.4. The fourth-order valence-corrected chi connectivity index (χ4v) is 7.12. The highest BCUT2D eigenvalue weighted by Crippen LogP contribution is 2.58. The monoisotopic (exact) mass is 565 g/mol. The lowest BCUT2D eigenvalue weighted by Crippen LogP contribution is -2.15. The topological polar surface area (TPSA) is 51.8 Å². The zero-order valence-electron chi connectivity index (χ0n) is 24.4. The molecule has 4 heteroatoms. The number of nitrogens with zero attached hydrogens (tertiary/aromatic N) is 3. The molecule has 8 aromatic rings. The molecule has 1 aliphatic carbocycles. The van der Waals surface area contributed by atoms with Crippen molar-refractivity contribution < 1.29 is 4.42 Å². The van der Waals surface area contributed by atoms with E-state index in [-0.39, 0.29) is 5.41 Å². The van der Waals surface area contributed by atoms with Crippen LogP contribution in [0.5, 0.6) is 0 Å². The van der Waals surface area contributed by atoms with Gasteiger partial charge in [-0.15, -0.1) is 0 Å². The molecule has 44 heavy (non-hydrogen) atoms. The van der Waals surface area contributed by atoms with Crippen molar-refractivity contribution in [2.75, 3.05) is 0 Å². The maximum absolute atomic E-state index is 6.59. The Labute approximate surface area is 254 Å².